The number of aryl methyl sites for hydroxylation is 1. The number of hydrogen-bond donors (Lipinski definition) is 1. The van der Waals surface area contributed by atoms with Crippen LogP contribution < -0.4 is 9.62 Å². The summed E-state index contributed by atoms with van der Waals surface area (Å²) in [6.07, 6.45) is 1.43. The molecule has 204 valence electrons. The number of rotatable bonds is 11. The van der Waals surface area contributed by atoms with Crippen molar-refractivity contribution in [1.82, 2.24) is 10.2 Å². The van der Waals surface area contributed by atoms with Crippen molar-refractivity contribution in [1.29, 1.82) is 0 Å². The van der Waals surface area contributed by atoms with E-state index in [1.807, 2.05) is 58.9 Å². The van der Waals surface area contributed by atoms with Crippen molar-refractivity contribution in [3.05, 3.63) is 65.2 Å². The van der Waals surface area contributed by atoms with Crippen molar-refractivity contribution in [2.75, 3.05) is 17.1 Å². The van der Waals surface area contributed by atoms with Gasteiger partial charge in [-0.25, -0.2) is 17.2 Å². The molecule has 0 heterocycles. The Hall–Kier alpha value is -3.01. The summed E-state index contributed by atoms with van der Waals surface area (Å²) in [6, 6.07) is 9.72. The summed E-state index contributed by atoms with van der Waals surface area (Å²) in [5, 5.41) is 2.94. The fourth-order valence-corrected chi connectivity index (χ4v) is 4.94. The number of nitrogens with one attached hydrogen (secondary N) is 1. The van der Waals surface area contributed by atoms with Crippen LogP contribution in [0.5, 0.6) is 0 Å². The first-order valence-electron chi connectivity index (χ1n) is 12.2. The number of amides is 2. The maximum atomic E-state index is 13.7. The molecule has 0 saturated carbocycles. The summed E-state index contributed by atoms with van der Waals surface area (Å²) in [6.45, 7) is 9.47. The number of halogens is 2. The van der Waals surface area contributed by atoms with Gasteiger partial charge in [-0.2, -0.15) is 0 Å². The highest BCUT2D eigenvalue weighted by Gasteiger charge is 2.31. The predicted molar refractivity (Wildman–Crippen MR) is 141 cm³/mol. The molecule has 0 aromatic heterocycles. The minimum absolute atomic E-state index is 0.0263. The van der Waals surface area contributed by atoms with E-state index in [1.54, 1.807) is 0 Å². The smallest absolute Gasteiger partial charge is 0.243 e. The molecular weight excluding hydrogens is 500 g/mol. The zero-order valence-electron chi connectivity index (χ0n) is 22.3. The van der Waals surface area contributed by atoms with Crippen molar-refractivity contribution in [3.8, 4) is 0 Å². The minimum atomic E-state index is -3.82. The molecule has 0 aliphatic rings. The highest BCUT2D eigenvalue weighted by atomic mass is 32.2. The van der Waals surface area contributed by atoms with Crippen molar-refractivity contribution in [2.24, 2.45) is 0 Å². The van der Waals surface area contributed by atoms with E-state index in [-0.39, 0.29) is 43.4 Å². The fourth-order valence-electron chi connectivity index (χ4n) is 3.99. The van der Waals surface area contributed by atoms with Crippen LogP contribution in [0.4, 0.5) is 14.5 Å². The summed E-state index contributed by atoms with van der Waals surface area (Å²) >= 11 is 0. The Bertz CT molecular complexity index is 1210. The number of sulfonamides is 1. The maximum absolute atomic E-state index is 13.7. The second kappa shape index (κ2) is 12.5. The summed E-state index contributed by atoms with van der Waals surface area (Å²) < 4.78 is 52.8. The van der Waals surface area contributed by atoms with Gasteiger partial charge in [0.2, 0.25) is 21.8 Å². The van der Waals surface area contributed by atoms with Gasteiger partial charge in [-0.05, 0) is 63.8 Å². The molecule has 2 rings (SSSR count). The third-order valence-corrected chi connectivity index (χ3v) is 7.02. The van der Waals surface area contributed by atoms with Crippen LogP contribution in [0.15, 0.2) is 42.5 Å². The lowest BCUT2D eigenvalue weighted by Crippen LogP contribution is -2.53. The Morgan fingerprint density at radius 3 is 2.24 bits per heavy atom. The van der Waals surface area contributed by atoms with E-state index in [1.165, 1.54) is 11.0 Å². The molecule has 0 aliphatic heterocycles. The van der Waals surface area contributed by atoms with Gasteiger partial charge in [0.15, 0.2) is 11.6 Å². The molecule has 7 nitrogen and oxygen atoms in total. The predicted octanol–water partition coefficient (Wildman–Crippen LogP) is 4.54. The summed E-state index contributed by atoms with van der Waals surface area (Å²) in [7, 11) is -3.82. The second-order valence-electron chi connectivity index (χ2n) is 10.1. The van der Waals surface area contributed by atoms with E-state index < -0.39 is 33.2 Å². The minimum Gasteiger partial charge on any atom is -0.350 e. The van der Waals surface area contributed by atoms with Gasteiger partial charge in [0, 0.05) is 31.1 Å². The van der Waals surface area contributed by atoms with Crippen LogP contribution in [-0.4, -0.2) is 49.5 Å². The van der Waals surface area contributed by atoms with Crippen molar-refractivity contribution in [2.45, 2.75) is 72.0 Å². The zero-order chi connectivity index (χ0) is 28.0. The number of nitrogens with zero attached hydrogens (tertiary/aromatic N) is 2. The van der Waals surface area contributed by atoms with Gasteiger partial charge >= 0.3 is 0 Å². The molecule has 0 unspecified atom stereocenters. The average molecular weight is 538 g/mol. The third kappa shape index (κ3) is 8.80. The van der Waals surface area contributed by atoms with Crippen LogP contribution in [-0.2, 0) is 26.2 Å². The molecule has 2 aromatic rings. The summed E-state index contributed by atoms with van der Waals surface area (Å²) in [5.41, 5.74) is 1.37. The maximum Gasteiger partial charge on any atom is 0.243 e. The highest BCUT2D eigenvalue weighted by Crippen LogP contribution is 2.22. The van der Waals surface area contributed by atoms with E-state index >= 15 is 0 Å². The third-order valence-electron chi connectivity index (χ3n) is 5.83. The van der Waals surface area contributed by atoms with Crippen LogP contribution in [0.25, 0.3) is 0 Å². The Kier molecular flexibility index (Phi) is 10.2. The molecule has 0 radical (unpaired) electrons. The largest absolute Gasteiger partial charge is 0.350 e. The molecular formula is C27H37F2N3O4S. The lowest BCUT2D eigenvalue weighted by molar-refractivity contribution is -0.142. The van der Waals surface area contributed by atoms with Gasteiger partial charge in [-0.1, -0.05) is 31.2 Å². The number of benzene rings is 2. The molecule has 10 heteroatoms. The van der Waals surface area contributed by atoms with Gasteiger partial charge in [0.05, 0.1) is 11.9 Å². The summed E-state index contributed by atoms with van der Waals surface area (Å²) in [5.74, 6) is -2.82. The number of carbonyl (C=O) groups is 2. The molecule has 2 aromatic carbocycles. The van der Waals surface area contributed by atoms with E-state index in [4.69, 9.17) is 0 Å². The van der Waals surface area contributed by atoms with Gasteiger partial charge in [-0.15, -0.1) is 0 Å². The van der Waals surface area contributed by atoms with E-state index in [0.29, 0.717) is 6.42 Å². The highest BCUT2D eigenvalue weighted by molar-refractivity contribution is 7.92. The Morgan fingerprint density at radius 1 is 1.05 bits per heavy atom. The molecule has 1 N–H and O–H groups in total. The van der Waals surface area contributed by atoms with E-state index in [2.05, 4.69) is 5.32 Å². The van der Waals surface area contributed by atoms with Gasteiger partial charge in [0.1, 0.15) is 6.04 Å². The standard InChI is InChI=1S/C27H37F2N3O4S/c1-7-24(26(34)30-27(3,4)5)31(18-20-12-9-8-11-19(20)2)25(33)13-10-16-32(37(6,35)36)21-14-15-22(28)23(29)17-21/h8-9,11-12,14-15,17,24H,7,10,13,16,18H2,1-6H3,(H,30,34)/t24-/m0/s1. The number of carbonyl (C=O) groups excluding carboxylic acids is 2. The number of hydrogen-bond acceptors (Lipinski definition) is 4. The lowest BCUT2D eigenvalue weighted by atomic mass is 10.0. The van der Waals surface area contributed by atoms with Crippen LogP contribution in [0.3, 0.4) is 0 Å². The van der Waals surface area contributed by atoms with Crippen molar-refractivity contribution >= 4 is 27.5 Å². The Labute approximate surface area is 218 Å². The zero-order valence-corrected chi connectivity index (χ0v) is 23.2. The monoisotopic (exact) mass is 537 g/mol. The van der Waals surface area contributed by atoms with E-state index in [0.717, 1.165) is 33.8 Å². The van der Waals surface area contributed by atoms with E-state index in [9.17, 15) is 26.8 Å². The Morgan fingerprint density at radius 2 is 1.70 bits per heavy atom. The van der Waals surface area contributed by atoms with Crippen LogP contribution in [0, 0.1) is 18.6 Å². The van der Waals surface area contributed by atoms with Crippen molar-refractivity contribution in [3.63, 3.8) is 0 Å². The number of anilines is 1. The summed E-state index contributed by atoms with van der Waals surface area (Å²) in [4.78, 5) is 28.1. The molecule has 0 aliphatic carbocycles. The van der Waals surface area contributed by atoms with Crippen molar-refractivity contribution < 1.29 is 26.8 Å². The molecule has 0 spiro atoms. The first-order chi connectivity index (χ1) is 17.1. The SMILES string of the molecule is CC[C@@H](C(=O)NC(C)(C)C)N(Cc1ccccc1C)C(=O)CCCN(c1ccc(F)c(F)c1)S(C)(=O)=O. The second-order valence-corrected chi connectivity index (χ2v) is 12.1. The van der Waals surface area contributed by atoms with Crippen LogP contribution in [0.1, 0.15) is 58.1 Å². The molecule has 0 fully saturated rings. The average Bonchev–Trinajstić information content (AvgIpc) is 2.77. The molecule has 0 saturated heterocycles. The molecule has 2 amide bonds. The van der Waals surface area contributed by atoms with Gasteiger partial charge in [-0.3, -0.25) is 13.9 Å². The quantitative estimate of drug-likeness (QED) is 0.456. The van der Waals surface area contributed by atoms with Gasteiger partial charge in [0.25, 0.3) is 0 Å². The molecule has 0 bridgehead atoms. The first kappa shape index (κ1) is 30.2. The van der Waals surface area contributed by atoms with Gasteiger partial charge < -0.3 is 10.2 Å². The normalized spacial score (nSPS) is 12.6. The topological polar surface area (TPSA) is 86.8 Å². The first-order valence-corrected chi connectivity index (χ1v) is 14.1. The lowest BCUT2D eigenvalue weighted by Gasteiger charge is -2.33. The van der Waals surface area contributed by atoms with Crippen LogP contribution >= 0.6 is 0 Å². The molecule has 1 atom stereocenters. The van der Waals surface area contributed by atoms with Crippen LogP contribution in [0.2, 0.25) is 0 Å². The fraction of sp³-hybridized carbons (Fsp3) is 0.481. The Balaban J connectivity index is 2.27. The molecule has 37 heavy (non-hydrogen) atoms.